The maximum atomic E-state index is 5.83. The van der Waals surface area contributed by atoms with Crippen LogP contribution >= 0.6 is 0 Å². The predicted molar refractivity (Wildman–Crippen MR) is 45.0 cm³/mol. The minimum atomic E-state index is 0.203. The first-order valence-electron chi connectivity index (χ1n) is 5.21. The van der Waals surface area contributed by atoms with Crippen molar-refractivity contribution in [3.63, 3.8) is 0 Å². The number of ether oxygens (including phenoxy) is 2. The van der Waals surface area contributed by atoms with E-state index in [2.05, 4.69) is 0 Å². The molecule has 2 heterocycles. The molecule has 0 aromatic rings. The highest BCUT2D eigenvalue weighted by Crippen LogP contribution is 2.53. The van der Waals surface area contributed by atoms with E-state index < -0.39 is 0 Å². The second-order valence-electron chi connectivity index (χ2n) is 4.31. The second-order valence-corrected chi connectivity index (χ2v) is 4.31. The molecule has 3 rings (SSSR count). The van der Waals surface area contributed by atoms with E-state index in [4.69, 9.17) is 9.47 Å². The van der Waals surface area contributed by atoms with Crippen molar-refractivity contribution in [2.24, 2.45) is 0 Å². The molecule has 68 valence electrons. The summed E-state index contributed by atoms with van der Waals surface area (Å²) in [6.45, 7) is 0.961. The lowest BCUT2D eigenvalue weighted by molar-refractivity contribution is 0.0000874. The first-order valence-corrected chi connectivity index (χ1v) is 5.21. The van der Waals surface area contributed by atoms with Gasteiger partial charge in [0.1, 0.15) is 5.60 Å². The molecule has 0 amide bonds. The summed E-state index contributed by atoms with van der Waals surface area (Å²) in [5.74, 6) is 0. The molecule has 3 atom stereocenters. The van der Waals surface area contributed by atoms with Crippen molar-refractivity contribution in [3.05, 3.63) is 0 Å². The van der Waals surface area contributed by atoms with Gasteiger partial charge in [-0.2, -0.15) is 0 Å². The SMILES string of the molecule is C1CCC23OC2CCCC3OC1. The molecule has 2 aliphatic heterocycles. The zero-order valence-electron chi connectivity index (χ0n) is 7.42. The van der Waals surface area contributed by atoms with Gasteiger partial charge in [0.25, 0.3) is 0 Å². The summed E-state index contributed by atoms with van der Waals surface area (Å²) in [5, 5.41) is 0. The molecule has 0 N–H and O–H groups in total. The third kappa shape index (κ3) is 0.882. The van der Waals surface area contributed by atoms with Crippen molar-refractivity contribution >= 4 is 0 Å². The Balaban J connectivity index is 1.82. The fourth-order valence-electron chi connectivity index (χ4n) is 2.88. The van der Waals surface area contributed by atoms with Crippen LogP contribution in [-0.4, -0.2) is 24.4 Å². The van der Waals surface area contributed by atoms with Gasteiger partial charge in [-0.05, 0) is 38.5 Å². The van der Waals surface area contributed by atoms with Crippen LogP contribution in [0.4, 0.5) is 0 Å². The molecule has 1 spiro atoms. The van der Waals surface area contributed by atoms with Gasteiger partial charge in [-0.3, -0.25) is 0 Å². The molecule has 0 radical (unpaired) electrons. The maximum absolute atomic E-state index is 5.83. The predicted octanol–water partition coefficient (Wildman–Crippen LogP) is 1.88. The van der Waals surface area contributed by atoms with Crippen LogP contribution in [0.1, 0.15) is 38.5 Å². The summed E-state index contributed by atoms with van der Waals surface area (Å²) < 4.78 is 11.7. The molecular weight excluding hydrogens is 152 g/mol. The molecule has 0 aromatic carbocycles. The molecule has 1 aliphatic carbocycles. The van der Waals surface area contributed by atoms with Gasteiger partial charge in [0.15, 0.2) is 0 Å². The third-order valence-corrected chi connectivity index (χ3v) is 3.61. The molecule has 2 saturated heterocycles. The lowest BCUT2D eigenvalue weighted by Gasteiger charge is -2.25. The molecule has 2 nitrogen and oxygen atoms in total. The number of hydrogen-bond acceptors (Lipinski definition) is 2. The summed E-state index contributed by atoms with van der Waals surface area (Å²) in [6, 6.07) is 0. The van der Waals surface area contributed by atoms with Crippen LogP contribution in [0.25, 0.3) is 0 Å². The highest BCUT2D eigenvalue weighted by molar-refractivity contribution is 5.11. The topological polar surface area (TPSA) is 21.8 Å². The Morgan fingerprint density at radius 2 is 1.92 bits per heavy atom. The monoisotopic (exact) mass is 168 g/mol. The van der Waals surface area contributed by atoms with E-state index in [1.807, 2.05) is 0 Å². The molecular formula is C10H16O2. The highest BCUT2D eigenvalue weighted by Gasteiger charge is 2.63. The van der Waals surface area contributed by atoms with Gasteiger partial charge in [-0.25, -0.2) is 0 Å². The Morgan fingerprint density at radius 3 is 2.92 bits per heavy atom. The normalized spacial score (nSPS) is 52.0. The van der Waals surface area contributed by atoms with Crippen molar-refractivity contribution in [3.8, 4) is 0 Å². The summed E-state index contributed by atoms with van der Waals surface area (Å²) >= 11 is 0. The van der Waals surface area contributed by atoms with Crippen molar-refractivity contribution in [2.75, 3.05) is 6.61 Å². The molecule has 3 aliphatic rings. The van der Waals surface area contributed by atoms with Crippen LogP contribution in [0.3, 0.4) is 0 Å². The molecule has 1 saturated carbocycles. The van der Waals surface area contributed by atoms with Gasteiger partial charge < -0.3 is 9.47 Å². The van der Waals surface area contributed by atoms with Gasteiger partial charge in [-0.15, -0.1) is 0 Å². The number of rotatable bonds is 0. The van der Waals surface area contributed by atoms with Gasteiger partial charge in [-0.1, -0.05) is 0 Å². The summed E-state index contributed by atoms with van der Waals surface area (Å²) in [7, 11) is 0. The van der Waals surface area contributed by atoms with E-state index in [9.17, 15) is 0 Å². The van der Waals surface area contributed by atoms with E-state index in [1.165, 1.54) is 38.5 Å². The Morgan fingerprint density at radius 1 is 1.00 bits per heavy atom. The van der Waals surface area contributed by atoms with Crippen LogP contribution < -0.4 is 0 Å². The fraction of sp³-hybridized carbons (Fsp3) is 1.00. The largest absolute Gasteiger partial charge is 0.375 e. The second kappa shape index (κ2) is 2.46. The van der Waals surface area contributed by atoms with Crippen LogP contribution in [0.15, 0.2) is 0 Å². The summed E-state index contributed by atoms with van der Waals surface area (Å²) in [5.41, 5.74) is 0.203. The van der Waals surface area contributed by atoms with Crippen molar-refractivity contribution in [1.82, 2.24) is 0 Å². The van der Waals surface area contributed by atoms with Crippen LogP contribution in [0.2, 0.25) is 0 Å². The smallest absolute Gasteiger partial charge is 0.121 e. The first-order chi connectivity index (χ1) is 5.92. The summed E-state index contributed by atoms with van der Waals surface area (Å²) in [4.78, 5) is 0. The standard InChI is InChI=1S/C10H16O2/c1-2-7-11-8-4-3-5-9-10(8,6-1)12-9/h8-9H,1-7H2. The Bertz CT molecular complexity index is 192. The van der Waals surface area contributed by atoms with E-state index >= 15 is 0 Å². The van der Waals surface area contributed by atoms with Crippen molar-refractivity contribution in [1.29, 1.82) is 0 Å². The fourth-order valence-corrected chi connectivity index (χ4v) is 2.88. The van der Waals surface area contributed by atoms with E-state index in [0.29, 0.717) is 12.2 Å². The van der Waals surface area contributed by atoms with Crippen LogP contribution in [0, 0.1) is 0 Å². The molecule has 12 heavy (non-hydrogen) atoms. The maximum Gasteiger partial charge on any atom is 0.121 e. The minimum Gasteiger partial charge on any atom is -0.375 e. The van der Waals surface area contributed by atoms with Crippen LogP contribution in [0.5, 0.6) is 0 Å². The average molecular weight is 168 g/mol. The number of hydrogen-bond donors (Lipinski definition) is 0. The zero-order chi connectivity index (χ0) is 8.02. The lowest BCUT2D eigenvalue weighted by Crippen LogP contribution is -2.36. The third-order valence-electron chi connectivity index (χ3n) is 3.61. The van der Waals surface area contributed by atoms with Crippen LogP contribution in [-0.2, 0) is 9.47 Å². The van der Waals surface area contributed by atoms with E-state index in [1.54, 1.807) is 0 Å². The van der Waals surface area contributed by atoms with Gasteiger partial charge in [0, 0.05) is 6.61 Å². The quantitative estimate of drug-likeness (QED) is 0.515. The van der Waals surface area contributed by atoms with E-state index in [-0.39, 0.29) is 5.60 Å². The van der Waals surface area contributed by atoms with Crippen molar-refractivity contribution in [2.45, 2.75) is 56.3 Å². The average Bonchev–Trinajstić information content (AvgIpc) is 2.79. The first kappa shape index (κ1) is 7.34. The molecule has 3 fully saturated rings. The Kier molecular flexibility index (Phi) is 1.50. The minimum absolute atomic E-state index is 0.203. The Labute approximate surface area is 73.2 Å². The van der Waals surface area contributed by atoms with Gasteiger partial charge in [0.05, 0.1) is 12.2 Å². The molecule has 0 aromatic heterocycles. The molecule has 3 unspecified atom stereocenters. The molecule has 0 bridgehead atoms. The lowest BCUT2D eigenvalue weighted by atomic mass is 9.83. The molecule has 2 heteroatoms. The van der Waals surface area contributed by atoms with E-state index in [0.717, 1.165) is 6.61 Å². The van der Waals surface area contributed by atoms with Gasteiger partial charge in [0.2, 0.25) is 0 Å². The van der Waals surface area contributed by atoms with Gasteiger partial charge >= 0.3 is 0 Å². The zero-order valence-corrected chi connectivity index (χ0v) is 7.42. The highest BCUT2D eigenvalue weighted by atomic mass is 16.6. The number of epoxide rings is 1. The Hall–Kier alpha value is -0.0800. The summed E-state index contributed by atoms with van der Waals surface area (Å²) in [6.07, 6.45) is 8.60. The van der Waals surface area contributed by atoms with Crippen molar-refractivity contribution < 1.29 is 9.47 Å².